The summed E-state index contributed by atoms with van der Waals surface area (Å²) >= 11 is 0. The zero-order valence-electron chi connectivity index (χ0n) is 32.3. The normalized spacial score (nSPS) is 12.8. The first-order valence-corrected chi connectivity index (χ1v) is 19.8. The Morgan fingerprint density at radius 3 is 1.53 bits per heavy atom. The Kier molecular flexibility index (Phi) is 7.76. The first-order valence-electron chi connectivity index (χ1n) is 19.8. The lowest BCUT2D eigenvalue weighted by Crippen LogP contribution is -2.16. The molecule has 0 fully saturated rings. The molecule has 0 N–H and O–H groups in total. The lowest BCUT2D eigenvalue weighted by molar-refractivity contribution is 0.660. The van der Waals surface area contributed by atoms with Crippen LogP contribution in [-0.2, 0) is 5.41 Å². The van der Waals surface area contributed by atoms with Crippen LogP contribution in [0.1, 0.15) is 25.0 Å². The van der Waals surface area contributed by atoms with E-state index in [1.165, 1.54) is 44.1 Å². The number of hydrogen-bond donors (Lipinski definition) is 0. The van der Waals surface area contributed by atoms with Gasteiger partial charge in [-0.25, -0.2) is 0 Å². The molecule has 5 heteroatoms. The maximum atomic E-state index is 4.78. The third-order valence-electron chi connectivity index (χ3n) is 11.9. The van der Waals surface area contributed by atoms with Gasteiger partial charge in [-0.05, 0) is 107 Å². The first kappa shape index (κ1) is 33.8. The molecular weight excluding hydrogens is 707 g/mol. The highest BCUT2D eigenvalue weighted by atomic mass is 15.3. The number of para-hydroxylation sites is 3. The lowest BCUT2D eigenvalue weighted by atomic mass is 9.82. The van der Waals surface area contributed by atoms with Gasteiger partial charge in [0.1, 0.15) is 0 Å². The molecule has 0 saturated heterocycles. The fourth-order valence-corrected chi connectivity index (χ4v) is 9.06. The minimum Gasteiger partial charge on any atom is -0.310 e. The van der Waals surface area contributed by atoms with Gasteiger partial charge in [0.05, 0.1) is 11.0 Å². The van der Waals surface area contributed by atoms with Crippen molar-refractivity contribution in [1.29, 1.82) is 0 Å². The Bertz CT molecular complexity index is 3070. The molecule has 0 bridgehead atoms. The molecule has 0 aliphatic heterocycles. The Labute approximate surface area is 337 Å². The molecule has 276 valence electrons. The van der Waals surface area contributed by atoms with E-state index in [2.05, 4.69) is 204 Å². The van der Waals surface area contributed by atoms with E-state index in [1.54, 1.807) is 0 Å². The van der Waals surface area contributed by atoms with Crippen molar-refractivity contribution >= 4 is 38.9 Å². The Hall–Kier alpha value is -7.50. The molecule has 10 aromatic rings. The zero-order valence-corrected chi connectivity index (χ0v) is 32.3. The van der Waals surface area contributed by atoms with Crippen LogP contribution in [0.2, 0.25) is 0 Å². The summed E-state index contributed by atoms with van der Waals surface area (Å²) in [6.45, 7) is 4.68. The van der Waals surface area contributed by atoms with E-state index >= 15 is 0 Å². The smallest absolute Gasteiger partial charge is 0.168 e. The van der Waals surface area contributed by atoms with Crippen LogP contribution in [0.4, 0.5) is 17.1 Å². The number of rotatable bonds is 7. The number of aromatic nitrogens is 4. The van der Waals surface area contributed by atoms with Crippen LogP contribution < -0.4 is 4.90 Å². The van der Waals surface area contributed by atoms with Crippen LogP contribution in [-0.4, -0.2) is 19.3 Å². The number of benzene rings is 8. The molecule has 2 aromatic heterocycles. The molecule has 5 nitrogen and oxygen atoms in total. The van der Waals surface area contributed by atoms with Crippen LogP contribution in [0.3, 0.4) is 0 Å². The van der Waals surface area contributed by atoms with Crippen LogP contribution in [0, 0.1) is 0 Å². The second-order valence-corrected chi connectivity index (χ2v) is 15.6. The second kappa shape index (κ2) is 13.3. The second-order valence-electron chi connectivity index (χ2n) is 15.6. The predicted octanol–water partition coefficient (Wildman–Crippen LogP) is 13.5. The largest absolute Gasteiger partial charge is 0.310 e. The standard InChI is InChI=1S/C53H39N5/c1-53(2)47-22-12-9-19-43(47)44-34-33-42(35-48(44)53)56(40-29-31-41(32-30-40)57-49-23-13-10-20-45(49)46-21-11-14-24-50(46)57)39-27-25-37(26-28-39)52-55-54-51(36-15-5-3-6-16-36)58(52)38-17-7-4-8-18-38/h3-35H,1-2H3. The minimum absolute atomic E-state index is 0.129. The molecule has 2 heterocycles. The van der Waals surface area contributed by atoms with Gasteiger partial charge in [0.15, 0.2) is 11.6 Å². The monoisotopic (exact) mass is 745 g/mol. The maximum Gasteiger partial charge on any atom is 0.168 e. The van der Waals surface area contributed by atoms with Gasteiger partial charge in [-0.2, -0.15) is 0 Å². The van der Waals surface area contributed by atoms with Crippen molar-refractivity contribution in [3.05, 3.63) is 211 Å². The van der Waals surface area contributed by atoms with Crippen molar-refractivity contribution in [2.75, 3.05) is 4.90 Å². The van der Waals surface area contributed by atoms with Crippen molar-refractivity contribution in [3.63, 3.8) is 0 Å². The van der Waals surface area contributed by atoms with Crippen molar-refractivity contribution in [2.24, 2.45) is 0 Å². The average molecular weight is 746 g/mol. The number of anilines is 3. The summed E-state index contributed by atoms with van der Waals surface area (Å²) in [5.41, 5.74) is 14.9. The van der Waals surface area contributed by atoms with E-state index in [0.717, 1.165) is 51.2 Å². The lowest BCUT2D eigenvalue weighted by Gasteiger charge is -2.28. The Balaban J connectivity index is 1.04. The number of nitrogens with zero attached hydrogens (tertiary/aromatic N) is 5. The topological polar surface area (TPSA) is 38.9 Å². The summed E-state index contributed by atoms with van der Waals surface area (Å²) in [6, 6.07) is 71.5. The molecule has 8 aromatic carbocycles. The van der Waals surface area contributed by atoms with E-state index in [9.17, 15) is 0 Å². The summed E-state index contributed by atoms with van der Waals surface area (Å²) in [7, 11) is 0. The summed E-state index contributed by atoms with van der Waals surface area (Å²) in [5, 5.41) is 12.0. The highest BCUT2D eigenvalue weighted by Gasteiger charge is 2.35. The Morgan fingerprint density at radius 2 is 0.879 bits per heavy atom. The highest BCUT2D eigenvalue weighted by Crippen LogP contribution is 2.50. The third-order valence-corrected chi connectivity index (χ3v) is 11.9. The molecule has 0 atom stereocenters. The zero-order chi connectivity index (χ0) is 38.8. The molecule has 1 aliphatic carbocycles. The van der Waals surface area contributed by atoms with Gasteiger partial charge in [0.25, 0.3) is 0 Å². The van der Waals surface area contributed by atoms with E-state index < -0.39 is 0 Å². The molecule has 0 spiro atoms. The summed E-state index contributed by atoms with van der Waals surface area (Å²) in [6.07, 6.45) is 0. The Morgan fingerprint density at radius 1 is 0.397 bits per heavy atom. The SMILES string of the molecule is CC1(C)c2ccccc2-c2ccc(N(c3ccc(-c4nnc(-c5ccccc5)n4-c4ccccc4)cc3)c3ccc(-n4c5ccccc5c5ccccc54)cc3)cc21. The molecule has 58 heavy (non-hydrogen) atoms. The van der Waals surface area contributed by atoms with E-state index in [1.807, 2.05) is 24.3 Å². The number of fused-ring (bicyclic) bond motifs is 6. The molecule has 0 saturated carbocycles. The van der Waals surface area contributed by atoms with Gasteiger partial charge in [-0.1, -0.05) is 129 Å². The van der Waals surface area contributed by atoms with Crippen molar-refractivity contribution in [2.45, 2.75) is 19.3 Å². The van der Waals surface area contributed by atoms with Gasteiger partial charge in [-0.3, -0.25) is 4.57 Å². The van der Waals surface area contributed by atoms with Gasteiger partial charge in [-0.15, -0.1) is 10.2 Å². The predicted molar refractivity (Wildman–Crippen MR) is 239 cm³/mol. The van der Waals surface area contributed by atoms with Crippen LogP contribution in [0.15, 0.2) is 200 Å². The molecule has 0 radical (unpaired) electrons. The molecule has 0 unspecified atom stereocenters. The summed E-state index contributed by atoms with van der Waals surface area (Å²) in [5.74, 6) is 1.59. The summed E-state index contributed by atoms with van der Waals surface area (Å²) in [4.78, 5) is 2.37. The first-order chi connectivity index (χ1) is 28.5. The van der Waals surface area contributed by atoms with Gasteiger partial charge in [0, 0.05) is 55.8 Å². The fourth-order valence-electron chi connectivity index (χ4n) is 9.06. The van der Waals surface area contributed by atoms with Crippen molar-refractivity contribution < 1.29 is 0 Å². The van der Waals surface area contributed by atoms with Gasteiger partial charge in [0.2, 0.25) is 0 Å². The quantitative estimate of drug-likeness (QED) is 0.163. The average Bonchev–Trinajstić information content (AvgIpc) is 3.94. The maximum absolute atomic E-state index is 4.78. The number of hydrogen-bond acceptors (Lipinski definition) is 3. The van der Waals surface area contributed by atoms with E-state index in [-0.39, 0.29) is 5.41 Å². The van der Waals surface area contributed by atoms with Gasteiger partial charge >= 0.3 is 0 Å². The molecule has 1 aliphatic rings. The highest BCUT2D eigenvalue weighted by molar-refractivity contribution is 6.09. The van der Waals surface area contributed by atoms with Crippen LogP contribution in [0.25, 0.3) is 67.1 Å². The van der Waals surface area contributed by atoms with Crippen molar-refractivity contribution in [3.8, 4) is 45.3 Å². The van der Waals surface area contributed by atoms with E-state index in [0.29, 0.717) is 0 Å². The molecule has 11 rings (SSSR count). The minimum atomic E-state index is -0.129. The van der Waals surface area contributed by atoms with Crippen molar-refractivity contribution in [1.82, 2.24) is 19.3 Å². The molecular formula is C53H39N5. The van der Waals surface area contributed by atoms with Gasteiger partial charge < -0.3 is 9.47 Å². The van der Waals surface area contributed by atoms with Crippen LogP contribution in [0.5, 0.6) is 0 Å². The van der Waals surface area contributed by atoms with Crippen LogP contribution >= 0.6 is 0 Å². The molecule has 0 amide bonds. The fraction of sp³-hybridized carbons (Fsp3) is 0.0566. The third kappa shape index (κ3) is 5.31. The summed E-state index contributed by atoms with van der Waals surface area (Å²) < 4.78 is 4.52. The van der Waals surface area contributed by atoms with E-state index in [4.69, 9.17) is 10.2 Å².